The van der Waals surface area contributed by atoms with Crippen LogP contribution in [0.1, 0.15) is 33.6 Å². The lowest BCUT2D eigenvalue weighted by Crippen LogP contribution is -2.35. The largest absolute Gasteiger partial charge is 0.487 e. The minimum Gasteiger partial charge on any atom is -0.487 e. The summed E-state index contributed by atoms with van der Waals surface area (Å²) in [6.45, 7) is 5.91. The van der Waals surface area contributed by atoms with Gasteiger partial charge in [-0.15, -0.1) is 12.2 Å². The molecular weight excluding hydrogens is 348 g/mol. The lowest BCUT2D eigenvalue weighted by atomic mass is 10.2. The Bertz CT molecular complexity index is 717. The van der Waals surface area contributed by atoms with E-state index in [2.05, 4.69) is 40.2 Å². The molecule has 0 radical (unpaired) electrons. The number of nitrogens with zero attached hydrogens (tertiary/aromatic N) is 1. The molecule has 5 heteroatoms. The number of allylic oxidation sites excluding steroid dienone is 5. The number of carbonyl (C=O) groups is 1. The molecule has 1 N–H and O–H groups in total. The second-order valence-corrected chi connectivity index (χ2v) is 6.28. The van der Waals surface area contributed by atoms with Gasteiger partial charge in [0.1, 0.15) is 18.2 Å². The number of aldehydes is 1. The fraction of sp³-hybridized carbons (Fsp3) is 0.381. The summed E-state index contributed by atoms with van der Waals surface area (Å²) in [6.07, 6.45) is 17.0. The summed E-state index contributed by atoms with van der Waals surface area (Å²) in [5, 5.41) is 3.63. The number of terminal acetylenes is 1. The van der Waals surface area contributed by atoms with Crippen LogP contribution in [0.15, 0.2) is 57.5 Å². The monoisotopic (exact) mass is 372 g/mol. The number of amidine groups is 1. The third kappa shape index (κ3) is 8.58. The standard InChI is InChI=1S/C21H25ClN2O2/c1-5-9-20(19(22)13-12-16(2)14-25)26-15-21-23-17(3)10-7-6-8-11-18(4)24-21/h1,7-8,10-11,13-14,17-18H,6,9,15H2,2-4H3,(H,23,24)/b10-7-,11-8-,20-19-. The van der Waals surface area contributed by atoms with Crippen LogP contribution < -0.4 is 5.32 Å². The molecule has 138 valence electrons. The first-order valence-corrected chi connectivity index (χ1v) is 8.84. The number of halogens is 1. The number of ether oxygens (including phenoxy) is 1. The van der Waals surface area contributed by atoms with E-state index in [-0.39, 0.29) is 25.1 Å². The molecular formula is C21H25ClN2O2. The van der Waals surface area contributed by atoms with Gasteiger partial charge in [-0.3, -0.25) is 9.79 Å². The Balaban J connectivity index is 2.98. The van der Waals surface area contributed by atoms with Crippen molar-refractivity contribution in [3.63, 3.8) is 0 Å². The molecule has 1 rings (SSSR count). The van der Waals surface area contributed by atoms with Crippen molar-refractivity contribution in [2.24, 2.45) is 4.99 Å². The maximum Gasteiger partial charge on any atom is 0.153 e. The van der Waals surface area contributed by atoms with E-state index in [1.54, 1.807) is 6.92 Å². The van der Waals surface area contributed by atoms with E-state index in [1.807, 2.05) is 19.9 Å². The summed E-state index contributed by atoms with van der Waals surface area (Å²) in [6, 6.07) is 0.165. The second kappa shape index (κ2) is 12.0. The van der Waals surface area contributed by atoms with E-state index < -0.39 is 0 Å². The first-order valence-electron chi connectivity index (χ1n) is 8.46. The van der Waals surface area contributed by atoms with Crippen LogP contribution in [0.5, 0.6) is 0 Å². The molecule has 0 aromatic heterocycles. The van der Waals surface area contributed by atoms with Crippen molar-refractivity contribution in [1.82, 2.24) is 5.32 Å². The Hall–Kier alpha value is -2.47. The Morgan fingerprint density at radius 3 is 2.88 bits per heavy atom. The summed E-state index contributed by atoms with van der Waals surface area (Å²) >= 11 is 6.24. The lowest BCUT2D eigenvalue weighted by Gasteiger charge is -2.18. The van der Waals surface area contributed by atoms with Gasteiger partial charge in [0.2, 0.25) is 0 Å². The minimum absolute atomic E-state index is 0.0356. The molecule has 0 aromatic carbocycles. The van der Waals surface area contributed by atoms with Crippen molar-refractivity contribution in [2.45, 2.75) is 45.7 Å². The van der Waals surface area contributed by atoms with Gasteiger partial charge in [0.05, 0.1) is 17.5 Å². The molecule has 1 aliphatic rings. The Labute approximate surface area is 161 Å². The lowest BCUT2D eigenvalue weighted by molar-refractivity contribution is -0.104. The number of aliphatic imine (C=N–C) groups is 1. The highest BCUT2D eigenvalue weighted by atomic mass is 35.5. The van der Waals surface area contributed by atoms with Gasteiger partial charge in [0.15, 0.2) is 6.29 Å². The highest BCUT2D eigenvalue weighted by Gasteiger charge is 2.10. The zero-order valence-corrected chi connectivity index (χ0v) is 16.2. The number of nitrogens with one attached hydrogen (secondary N) is 1. The molecule has 0 amide bonds. The van der Waals surface area contributed by atoms with Gasteiger partial charge >= 0.3 is 0 Å². The molecule has 0 aliphatic carbocycles. The first kappa shape index (κ1) is 21.6. The predicted molar refractivity (Wildman–Crippen MR) is 108 cm³/mol. The maximum absolute atomic E-state index is 10.6. The molecule has 26 heavy (non-hydrogen) atoms. The van der Waals surface area contributed by atoms with Crippen LogP contribution in [-0.4, -0.2) is 30.8 Å². The van der Waals surface area contributed by atoms with Crippen LogP contribution >= 0.6 is 11.6 Å². The summed E-state index contributed by atoms with van der Waals surface area (Å²) in [7, 11) is 0. The quantitative estimate of drug-likeness (QED) is 0.145. The predicted octanol–water partition coefficient (Wildman–Crippen LogP) is 4.06. The van der Waals surface area contributed by atoms with E-state index >= 15 is 0 Å². The molecule has 2 atom stereocenters. The smallest absolute Gasteiger partial charge is 0.153 e. The van der Waals surface area contributed by atoms with E-state index in [4.69, 9.17) is 22.8 Å². The normalized spacial score (nSPS) is 23.0. The number of hydrogen-bond acceptors (Lipinski definition) is 4. The van der Waals surface area contributed by atoms with Crippen LogP contribution in [0.25, 0.3) is 0 Å². The Morgan fingerprint density at radius 2 is 2.19 bits per heavy atom. The molecule has 0 aromatic rings. The van der Waals surface area contributed by atoms with Crippen LogP contribution in [0, 0.1) is 12.3 Å². The van der Waals surface area contributed by atoms with Crippen LogP contribution in [0.2, 0.25) is 0 Å². The highest BCUT2D eigenvalue weighted by Crippen LogP contribution is 2.16. The van der Waals surface area contributed by atoms with E-state index in [1.165, 1.54) is 6.08 Å². The van der Waals surface area contributed by atoms with Crippen molar-refractivity contribution in [2.75, 3.05) is 6.61 Å². The third-order valence-corrected chi connectivity index (χ3v) is 3.70. The molecule has 4 nitrogen and oxygen atoms in total. The van der Waals surface area contributed by atoms with Crippen molar-refractivity contribution >= 4 is 23.7 Å². The minimum atomic E-state index is 0.0356. The topological polar surface area (TPSA) is 50.7 Å². The molecule has 0 fully saturated rings. The average molecular weight is 373 g/mol. The first-order chi connectivity index (χ1) is 12.5. The van der Waals surface area contributed by atoms with Crippen molar-refractivity contribution in [1.29, 1.82) is 0 Å². The molecule has 1 heterocycles. The second-order valence-electron chi connectivity index (χ2n) is 5.87. The van der Waals surface area contributed by atoms with Gasteiger partial charge < -0.3 is 10.1 Å². The summed E-state index contributed by atoms with van der Waals surface area (Å²) in [5.74, 6) is 3.67. The maximum atomic E-state index is 10.6. The van der Waals surface area contributed by atoms with Gasteiger partial charge in [0.25, 0.3) is 0 Å². The summed E-state index contributed by atoms with van der Waals surface area (Å²) in [4.78, 5) is 15.3. The summed E-state index contributed by atoms with van der Waals surface area (Å²) < 4.78 is 5.81. The molecule has 2 unspecified atom stereocenters. The SMILES string of the molecule is C#CC/C(OCC1=NC(C)/C=C\C/C=C\C(C)N1)=C(/Cl)C=C=C(C)C=O. The molecule has 0 bridgehead atoms. The average Bonchev–Trinajstić information content (AvgIpc) is 2.61. The van der Waals surface area contributed by atoms with E-state index in [9.17, 15) is 4.79 Å². The number of carbonyl (C=O) groups excluding carboxylic acids is 1. The van der Waals surface area contributed by atoms with Crippen molar-refractivity contribution < 1.29 is 9.53 Å². The number of hydrogen-bond donors (Lipinski definition) is 1. The van der Waals surface area contributed by atoms with Crippen molar-refractivity contribution in [3.05, 3.63) is 52.5 Å². The van der Waals surface area contributed by atoms with Crippen molar-refractivity contribution in [3.8, 4) is 12.3 Å². The van der Waals surface area contributed by atoms with Crippen LogP contribution in [0.4, 0.5) is 0 Å². The fourth-order valence-corrected chi connectivity index (χ4v) is 2.27. The van der Waals surface area contributed by atoms with Gasteiger partial charge in [-0.05, 0) is 27.2 Å². The Kier molecular flexibility index (Phi) is 9.94. The van der Waals surface area contributed by atoms with Crippen LogP contribution in [-0.2, 0) is 9.53 Å². The summed E-state index contributed by atoms with van der Waals surface area (Å²) in [5.41, 5.74) is 3.21. The zero-order valence-electron chi connectivity index (χ0n) is 15.5. The highest BCUT2D eigenvalue weighted by molar-refractivity contribution is 6.31. The van der Waals surface area contributed by atoms with E-state index in [0.29, 0.717) is 28.5 Å². The molecule has 1 aliphatic heterocycles. The van der Waals surface area contributed by atoms with Gasteiger partial charge in [-0.2, -0.15) is 0 Å². The third-order valence-electron chi connectivity index (χ3n) is 3.38. The van der Waals surface area contributed by atoms with E-state index in [0.717, 1.165) is 6.42 Å². The molecule has 0 spiro atoms. The fourth-order valence-electron chi connectivity index (χ4n) is 2.10. The van der Waals surface area contributed by atoms with Gasteiger partial charge in [-0.25, -0.2) is 0 Å². The Morgan fingerprint density at radius 1 is 1.46 bits per heavy atom. The molecule has 0 saturated heterocycles. The number of rotatable bonds is 6. The van der Waals surface area contributed by atoms with Gasteiger partial charge in [-0.1, -0.05) is 41.8 Å². The molecule has 0 saturated carbocycles. The van der Waals surface area contributed by atoms with Crippen LogP contribution in [0.3, 0.4) is 0 Å². The zero-order chi connectivity index (χ0) is 19.4. The van der Waals surface area contributed by atoms with Gasteiger partial charge in [0, 0.05) is 17.7 Å².